The molecular weight excluding hydrogens is 367 g/mol. The molecule has 0 amide bonds. The number of fused-ring (bicyclic) bond motifs is 1. The van der Waals surface area contributed by atoms with Crippen LogP contribution < -0.4 is 10.2 Å². The van der Waals surface area contributed by atoms with Crippen LogP contribution in [-0.2, 0) is 6.54 Å². The van der Waals surface area contributed by atoms with Gasteiger partial charge in [0.1, 0.15) is 11.6 Å². The smallest absolute Gasteiger partial charge is 0.185 e. The van der Waals surface area contributed by atoms with Crippen molar-refractivity contribution in [3.8, 4) is 11.4 Å². The molecule has 1 saturated heterocycles. The van der Waals surface area contributed by atoms with Crippen LogP contribution in [0, 0.1) is 5.82 Å². The number of nitrogens with one attached hydrogen (secondary N) is 1. The van der Waals surface area contributed by atoms with Gasteiger partial charge in [0.25, 0.3) is 0 Å². The minimum absolute atomic E-state index is 0.313. The Kier molecular flexibility index (Phi) is 4.56. The van der Waals surface area contributed by atoms with Crippen LogP contribution in [0.2, 0.25) is 0 Å². The fraction of sp³-hybridized carbons (Fsp3) is 0.227. The zero-order chi connectivity index (χ0) is 19.6. The molecule has 29 heavy (non-hydrogen) atoms. The lowest BCUT2D eigenvalue weighted by atomic mass is 10.1. The van der Waals surface area contributed by atoms with Gasteiger partial charge in [0.2, 0.25) is 0 Å². The Labute approximate surface area is 168 Å². The number of benzene rings is 2. The van der Waals surface area contributed by atoms with Gasteiger partial charge in [0.15, 0.2) is 11.5 Å². The minimum atomic E-state index is -0.313. The molecule has 1 fully saturated rings. The summed E-state index contributed by atoms with van der Waals surface area (Å²) in [4.78, 5) is 2.44. The van der Waals surface area contributed by atoms with E-state index in [9.17, 15) is 4.39 Å². The van der Waals surface area contributed by atoms with Gasteiger partial charge in [-0.1, -0.05) is 30.3 Å². The van der Waals surface area contributed by atoms with E-state index in [1.165, 1.54) is 36.2 Å². The first-order chi connectivity index (χ1) is 14.3. The molecule has 0 radical (unpaired) electrons. The van der Waals surface area contributed by atoms with Gasteiger partial charge in [-0.15, -0.1) is 15.3 Å². The van der Waals surface area contributed by atoms with E-state index >= 15 is 0 Å². The number of nitrogens with zero attached hydrogens (tertiary/aromatic N) is 5. The van der Waals surface area contributed by atoms with Gasteiger partial charge in [0.05, 0.1) is 0 Å². The summed E-state index contributed by atoms with van der Waals surface area (Å²) < 4.78 is 15.3. The van der Waals surface area contributed by atoms with Crippen molar-refractivity contribution >= 4 is 17.2 Å². The summed E-state index contributed by atoms with van der Waals surface area (Å²) in [6, 6.07) is 18.5. The molecule has 2 aromatic heterocycles. The third-order valence-electron chi connectivity index (χ3n) is 5.24. The topological polar surface area (TPSA) is 58.4 Å². The lowest BCUT2D eigenvalue weighted by molar-refractivity contribution is 0.628. The Morgan fingerprint density at radius 1 is 0.931 bits per heavy atom. The summed E-state index contributed by atoms with van der Waals surface area (Å²) in [5.74, 6) is 0.916. The van der Waals surface area contributed by atoms with E-state index < -0.39 is 0 Å². The fourth-order valence-electron chi connectivity index (χ4n) is 3.80. The highest BCUT2D eigenvalue weighted by atomic mass is 19.1. The Morgan fingerprint density at radius 3 is 2.66 bits per heavy atom. The third-order valence-corrected chi connectivity index (χ3v) is 5.24. The van der Waals surface area contributed by atoms with E-state index in [2.05, 4.69) is 49.8 Å². The second-order valence-corrected chi connectivity index (χ2v) is 7.20. The third kappa shape index (κ3) is 3.51. The Bertz CT molecular complexity index is 1150. The summed E-state index contributed by atoms with van der Waals surface area (Å²) in [6.07, 6.45) is 2.49. The monoisotopic (exact) mass is 388 g/mol. The average molecular weight is 388 g/mol. The second-order valence-electron chi connectivity index (χ2n) is 7.20. The van der Waals surface area contributed by atoms with Gasteiger partial charge in [0, 0.05) is 30.9 Å². The van der Waals surface area contributed by atoms with E-state index in [-0.39, 0.29) is 5.82 Å². The maximum atomic E-state index is 13.6. The molecule has 0 saturated carbocycles. The van der Waals surface area contributed by atoms with E-state index in [0.717, 1.165) is 13.1 Å². The zero-order valence-electron chi connectivity index (χ0n) is 15.9. The maximum Gasteiger partial charge on any atom is 0.185 e. The Hall–Kier alpha value is -3.48. The van der Waals surface area contributed by atoms with Crippen molar-refractivity contribution in [1.29, 1.82) is 0 Å². The van der Waals surface area contributed by atoms with Crippen molar-refractivity contribution in [3.05, 3.63) is 72.0 Å². The lowest BCUT2D eigenvalue weighted by Crippen LogP contribution is -2.20. The first kappa shape index (κ1) is 17.6. The van der Waals surface area contributed by atoms with E-state index in [4.69, 9.17) is 0 Å². The SMILES string of the molecule is Fc1cccc(-c2nnc3ccc(NCc4ccccc4N4CCCC4)nn23)c1. The van der Waals surface area contributed by atoms with Gasteiger partial charge < -0.3 is 10.2 Å². The summed E-state index contributed by atoms with van der Waals surface area (Å²) in [5.41, 5.74) is 3.78. The summed E-state index contributed by atoms with van der Waals surface area (Å²) in [5, 5.41) is 16.4. The van der Waals surface area contributed by atoms with Crippen LogP contribution in [0.4, 0.5) is 15.9 Å². The molecule has 0 aliphatic carbocycles. The predicted molar refractivity (Wildman–Crippen MR) is 111 cm³/mol. The second kappa shape index (κ2) is 7.50. The van der Waals surface area contributed by atoms with Gasteiger partial charge in [-0.25, -0.2) is 4.39 Å². The summed E-state index contributed by atoms with van der Waals surface area (Å²) in [6.45, 7) is 2.89. The van der Waals surface area contributed by atoms with Gasteiger partial charge >= 0.3 is 0 Å². The molecule has 146 valence electrons. The number of halogens is 1. The lowest BCUT2D eigenvalue weighted by Gasteiger charge is -2.21. The van der Waals surface area contributed by atoms with Crippen molar-refractivity contribution in [2.75, 3.05) is 23.3 Å². The molecule has 0 atom stereocenters. The highest BCUT2D eigenvalue weighted by molar-refractivity contribution is 5.60. The number of hydrogen-bond acceptors (Lipinski definition) is 5. The molecule has 1 N–H and O–H groups in total. The van der Waals surface area contributed by atoms with Crippen molar-refractivity contribution in [1.82, 2.24) is 19.8 Å². The molecule has 0 bridgehead atoms. The normalized spacial score (nSPS) is 13.9. The van der Waals surface area contributed by atoms with Crippen LogP contribution in [0.15, 0.2) is 60.7 Å². The van der Waals surface area contributed by atoms with Gasteiger partial charge in [-0.2, -0.15) is 4.52 Å². The number of anilines is 2. The first-order valence-electron chi connectivity index (χ1n) is 9.83. The van der Waals surface area contributed by atoms with Crippen molar-refractivity contribution in [2.24, 2.45) is 0 Å². The van der Waals surface area contributed by atoms with Crippen LogP contribution >= 0.6 is 0 Å². The van der Waals surface area contributed by atoms with Crippen molar-refractivity contribution in [3.63, 3.8) is 0 Å². The summed E-state index contributed by atoms with van der Waals surface area (Å²) in [7, 11) is 0. The fourth-order valence-corrected chi connectivity index (χ4v) is 3.80. The average Bonchev–Trinajstić information content (AvgIpc) is 3.42. The Morgan fingerprint density at radius 2 is 1.79 bits per heavy atom. The number of rotatable bonds is 5. The predicted octanol–water partition coefficient (Wildman–Crippen LogP) is 4.14. The standard InChI is InChI=1S/C22H21FN6/c23-18-8-5-7-16(14-18)22-26-25-21-11-10-20(27-29(21)22)24-15-17-6-1-2-9-19(17)28-12-3-4-13-28/h1-2,5-11,14H,3-4,12-13,15H2,(H,24,27). The molecule has 5 rings (SSSR count). The van der Waals surface area contributed by atoms with Crippen LogP contribution in [0.25, 0.3) is 17.0 Å². The highest BCUT2D eigenvalue weighted by Gasteiger charge is 2.15. The molecule has 1 aliphatic rings. The summed E-state index contributed by atoms with van der Waals surface area (Å²) >= 11 is 0. The van der Waals surface area contributed by atoms with Crippen molar-refractivity contribution in [2.45, 2.75) is 19.4 Å². The van der Waals surface area contributed by atoms with E-state index in [1.807, 2.05) is 12.1 Å². The Balaban J connectivity index is 1.41. The van der Waals surface area contributed by atoms with Crippen LogP contribution in [0.5, 0.6) is 0 Å². The molecule has 3 heterocycles. The number of para-hydroxylation sites is 1. The quantitative estimate of drug-likeness (QED) is 0.557. The zero-order valence-corrected chi connectivity index (χ0v) is 15.9. The number of aromatic nitrogens is 4. The maximum absolute atomic E-state index is 13.6. The molecule has 6 nitrogen and oxygen atoms in total. The molecule has 4 aromatic rings. The van der Waals surface area contributed by atoms with Crippen LogP contribution in [0.1, 0.15) is 18.4 Å². The van der Waals surface area contributed by atoms with E-state index in [1.54, 1.807) is 16.6 Å². The largest absolute Gasteiger partial charge is 0.371 e. The first-order valence-corrected chi connectivity index (χ1v) is 9.83. The molecule has 0 unspecified atom stereocenters. The van der Waals surface area contributed by atoms with Crippen LogP contribution in [0.3, 0.4) is 0 Å². The molecule has 1 aliphatic heterocycles. The molecular formula is C22H21FN6. The van der Waals surface area contributed by atoms with E-state index in [0.29, 0.717) is 29.4 Å². The van der Waals surface area contributed by atoms with Crippen molar-refractivity contribution < 1.29 is 4.39 Å². The minimum Gasteiger partial charge on any atom is -0.371 e. The molecule has 2 aromatic carbocycles. The van der Waals surface area contributed by atoms with Gasteiger partial charge in [-0.3, -0.25) is 0 Å². The highest BCUT2D eigenvalue weighted by Crippen LogP contribution is 2.25. The molecule has 0 spiro atoms. The number of hydrogen-bond donors (Lipinski definition) is 1. The van der Waals surface area contributed by atoms with Crippen LogP contribution in [-0.4, -0.2) is 32.9 Å². The molecule has 7 heteroatoms. The van der Waals surface area contributed by atoms with Gasteiger partial charge in [-0.05, 0) is 48.7 Å².